The van der Waals surface area contributed by atoms with Crippen LogP contribution in [0.4, 0.5) is 16.3 Å². The number of aromatic nitrogens is 2. The molecule has 0 aliphatic carbocycles. The Morgan fingerprint density at radius 1 is 1.00 bits per heavy atom. The number of hydrogen-bond acceptors (Lipinski definition) is 4. The summed E-state index contributed by atoms with van der Waals surface area (Å²) in [6, 6.07) is 22.2. The van der Waals surface area contributed by atoms with Crippen molar-refractivity contribution in [1.29, 1.82) is 0 Å². The SMILES string of the molecule is CCCCN(CC(=O)Nc1c(-c2ccccc2)c(C)nn1-c1ccc(OC)cc1)C(=O)Nc1ccc(C)c(Cl)c1. The number of nitrogens with one attached hydrogen (secondary N) is 2. The number of hydrogen-bond donors (Lipinski definition) is 2. The highest BCUT2D eigenvalue weighted by atomic mass is 35.5. The molecule has 40 heavy (non-hydrogen) atoms. The lowest BCUT2D eigenvalue weighted by atomic mass is 10.1. The molecule has 9 heteroatoms. The largest absolute Gasteiger partial charge is 0.497 e. The standard InChI is InChI=1S/C31H34ClN5O3/c1-5-6-18-36(31(39)33-24-13-12-21(2)27(32)19-24)20-28(38)34-30-29(23-10-8-7-9-11-23)22(3)35-37(30)25-14-16-26(40-4)17-15-25/h7-17,19H,5-6,18,20H2,1-4H3,(H,33,39)(H,34,38). The third-order valence-electron chi connectivity index (χ3n) is 6.52. The van der Waals surface area contributed by atoms with E-state index in [4.69, 9.17) is 21.4 Å². The number of halogens is 1. The van der Waals surface area contributed by atoms with Gasteiger partial charge in [0.15, 0.2) is 0 Å². The fourth-order valence-electron chi connectivity index (χ4n) is 4.32. The van der Waals surface area contributed by atoms with E-state index in [-0.39, 0.29) is 18.5 Å². The summed E-state index contributed by atoms with van der Waals surface area (Å²) in [6.07, 6.45) is 1.64. The molecular weight excluding hydrogens is 526 g/mol. The maximum absolute atomic E-state index is 13.5. The van der Waals surface area contributed by atoms with E-state index in [1.807, 2.05) is 81.4 Å². The van der Waals surface area contributed by atoms with Crippen molar-refractivity contribution in [3.05, 3.63) is 89.1 Å². The lowest BCUT2D eigenvalue weighted by Gasteiger charge is -2.23. The zero-order valence-corrected chi connectivity index (χ0v) is 24.0. The first-order valence-corrected chi connectivity index (χ1v) is 13.6. The molecule has 1 heterocycles. The second kappa shape index (κ2) is 13.2. The Kier molecular flexibility index (Phi) is 9.45. The maximum Gasteiger partial charge on any atom is 0.322 e. The third kappa shape index (κ3) is 6.82. The van der Waals surface area contributed by atoms with Crippen molar-refractivity contribution in [2.24, 2.45) is 0 Å². The van der Waals surface area contributed by atoms with Crippen LogP contribution in [0.3, 0.4) is 0 Å². The Hall–Kier alpha value is -4.30. The predicted molar refractivity (Wildman–Crippen MR) is 161 cm³/mol. The van der Waals surface area contributed by atoms with Crippen LogP contribution in [0.15, 0.2) is 72.8 Å². The number of carbonyl (C=O) groups excluding carboxylic acids is 2. The molecule has 0 fully saturated rings. The van der Waals surface area contributed by atoms with E-state index in [2.05, 4.69) is 10.6 Å². The molecular formula is C31H34ClN5O3. The molecule has 4 rings (SSSR count). The zero-order valence-electron chi connectivity index (χ0n) is 23.2. The van der Waals surface area contributed by atoms with Crippen molar-refractivity contribution >= 4 is 35.0 Å². The van der Waals surface area contributed by atoms with Gasteiger partial charge in [0.2, 0.25) is 5.91 Å². The molecule has 0 bridgehead atoms. The van der Waals surface area contributed by atoms with Gasteiger partial charge in [-0.05, 0) is 67.8 Å². The number of urea groups is 1. The average Bonchev–Trinajstić information content (AvgIpc) is 3.28. The summed E-state index contributed by atoms with van der Waals surface area (Å²) in [6.45, 7) is 6.14. The average molecular weight is 560 g/mol. The Bertz CT molecular complexity index is 1470. The molecule has 3 aromatic carbocycles. The topological polar surface area (TPSA) is 88.5 Å². The highest BCUT2D eigenvalue weighted by Gasteiger charge is 2.23. The molecule has 0 atom stereocenters. The van der Waals surface area contributed by atoms with Crippen LogP contribution in [-0.4, -0.2) is 46.8 Å². The summed E-state index contributed by atoms with van der Waals surface area (Å²) in [4.78, 5) is 28.2. The molecule has 0 radical (unpaired) electrons. The van der Waals surface area contributed by atoms with Gasteiger partial charge in [0.05, 0.1) is 18.5 Å². The van der Waals surface area contributed by atoms with E-state index < -0.39 is 0 Å². The van der Waals surface area contributed by atoms with Crippen molar-refractivity contribution in [1.82, 2.24) is 14.7 Å². The molecule has 0 saturated carbocycles. The van der Waals surface area contributed by atoms with Crippen LogP contribution in [0.25, 0.3) is 16.8 Å². The van der Waals surface area contributed by atoms with Gasteiger partial charge in [-0.2, -0.15) is 5.10 Å². The number of rotatable bonds is 10. The quantitative estimate of drug-likeness (QED) is 0.217. The minimum absolute atomic E-state index is 0.132. The number of carbonyl (C=O) groups is 2. The van der Waals surface area contributed by atoms with E-state index in [0.717, 1.165) is 40.9 Å². The van der Waals surface area contributed by atoms with Gasteiger partial charge in [0.1, 0.15) is 18.1 Å². The molecule has 0 aliphatic heterocycles. The van der Waals surface area contributed by atoms with E-state index >= 15 is 0 Å². The molecule has 1 aromatic heterocycles. The van der Waals surface area contributed by atoms with Crippen LogP contribution in [0.5, 0.6) is 5.75 Å². The molecule has 0 aliphatic rings. The predicted octanol–water partition coefficient (Wildman–Crippen LogP) is 7.09. The summed E-state index contributed by atoms with van der Waals surface area (Å²) < 4.78 is 7.01. The van der Waals surface area contributed by atoms with Gasteiger partial charge in [0, 0.05) is 22.8 Å². The van der Waals surface area contributed by atoms with Gasteiger partial charge in [-0.1, -0.05) is 61.3 Å². The van der Waals surface area contributed by atoms with Crippen molar-refractivity contribution in [3.8, 4) is 22.6 Å². The monoisotopic (exact) mass is 559 g/mol. The van der Waals surface area contributed by atoms with E-state index in [9.17, 15) is 9.59 Å². The lowest BCUT2D eigenvalue weighted by Crippen LogP contribution is -2.41. The number of nitrogens with zero attached hydrogens (tertiary/aromatic N) is 3. The highest BCUT2D eigenvalue weighted by Crippen LogP contribution is 2.33. The summed E-state index contributed by atoms with van der Waals surface area (Å²) in [5.74, 6) is 0.911. The molecule has 3 amide bonds. The summed E-state index contributed by atoms with van der Waals surface area (Å²) in [7, 11) is 1.61. The van der Waals surface area contributed by atoms with Crippen LogP contribution < -0.4 is 15.4 Å². The fraction of sp³-hybridized carbons (Fsp3) is 0.258. The number of anilines is 2. The normalized spacial score (nSPS) is 10.7. The Morgan fingerprint density at radius 2 is 1.73 bits per heavy atom. The zero-order chi connectivity index (χ0) is 28.6. The number of unbranched alkanes of at least 4 members (excludes halogenated alkanes) is 1. The number of ether oxygens (including phenoxy) is 1. The molecule has 208 valence electrons. The highest BCUT2D eigenvalue weighted by molar-refractivity contribution is 6.31. The fourth-order valence-corrected chi connectivity index (χ4v) is 4.50. The number of methoxy groups -OCH3 is 1. The van der Waals surface area contributed by atoms with Crippen LogP contribution in [0.1, 0.15) is 31.0 Å². The first-order valence-electron chi connectivity index (χ1n) is 13.2. The Balaban J connectivity index is 1.62. The van der Waals surface area contributed by atoms with Crippen molar-refractivity contribution in [3.63, 3.8) is 0 Å². The van der Waals surface area contributed by atoms with Gasteiger partial charge in [-0.15, -0.1) is 0 Å². The molecule has 0 unspecified atom stereocenters. The summed E-state index contributed by atoms with van der Waals surface area (Å²) >= 11 is 6.24. The second-order valence-electron chi connectivity index (χ2n) is 9.50. The van der Waals surface area contributed by atoms with Gasteiger partial charge < -0.3 is 20.3 Å². The summed E-state index contributed by atoms with van der Waals surface area (Å²) in [5.41, 5.74) is 4.74. The van der Waals surface area contributed by atoms with Crippen LogP contribution >= 0.6 is 11.6 Å². The Labute approximate surface area is 239 Å². The van der Waals surface area contributed by atoms with Gasteiger partial charge in [0.25, 0.3) is 0 Å². The first kappa shape index (κ1) is 28.7. The number of benzene rings is 3. The Morgan fingerprint density at radius 3 is 2.38 bits per heavy atom. The van der Waals surface area contributed by atoms with E-state index in [1.165, 1.54) is 4.90 Å². The number of aryl methyl sites for hydroxylation is 2. The lowest BCUT2D eigenvalue weighted by molar-refractivity contribution is -0.116. The maximum atomic E-state index is 13.5. The smallest absolute Gasteiger partial charge is 0.322 e. The third-order valence-corrected chi connectivity index (χ3v) is 6.93. The van der Waals surface area contributed by atoms with Gasteiger partial charge in [-0.25, -0.2) is 9.48 Å². The van der Waals surface area contributed by atoms with Crippen LogP contribution in [-0.2, 0) is 4.79 Å². The molecule has 0 spiro atoms. The molecule has 4 aromatic rings. The van der Waals surface area contributed by atoms with E-state index in [0.29, 0.717) is 28.8 Å². The molecule has 8 nitrogen and oxygen atoms in total. The second-order valence-corrected chi connectivity index (χ2v) is 9.91. The van der Waals surface area contributed by atoms with Gasteiger partial charge >= 0.3 is 6.03 Å². The van der Waals surface area contributed by atoms with Crippen molar-refractivity contribution < 1.29 is 14.3 Å². The number of amides is 3. The first-order chi connectivity index (χ1) is 19.3. The van der Waals surface area contributed by atoms with Crippen molar-refractivity contribution in [2.45, 2.75) is 33.6 Å². The minimum atomic E-state index is -0.369. The van der Waals surface area contributed by atoms with Crippen molar-refractivity contribution in [2.75, 3.05) is 30.8 Å². The van der Waals surface area contributed by atoms with Gasteiger partial charge in [-0.3, -0.25) is 4.79 Å². The van der Waals surface area contributed by atoms with E-state index in [1.54, 1.807) is 23.9 Å². The minimum Gasteiger partial charge on any atom is -0.497 e. The van der Waals surface area contributed by atoms with Crippen LogP contribution in [0.2, 0.25) is 5.02 Å². The molecule has 0 saturated heterocycles. The van der Waals surface area contributed by atoms with Crippen LogP contribution in [0, 0.1) is 13.8 Å². The molecule has 2 N–H and O–H groups in total. The summed E-state index contributed by atoms with van der Waals surface area (Å²) in [5, 5.41) is 11.2.